The fourth-order valence-electron chi connectivity index (χ4n) is 2.89. The second-order valence-electron chi connectivity index (χ2n) is 7.03. The van der Waals surface area contributed by atoms with Crippen molar-refractivity contribution in [3.63, 3.8) is 0 Å². The van der Waals surface area contributed by atoms with Crippen molar-refractivity contribution >= 4 is 11.7 Å². The number of piperazine rings is 1. The number of anilines is 1. The third-order valence-electron chi connectivity index (χ3n) is 4.36. The average molecular weight is 354 g/mol. The Bertz CT molecular complexity index is 738. The molecule has 0 aliphatic carbocycles. The van der Waals surface area contributed by atoms with Crippen molar-refractivity contribution < 1.29 is 9.53 Å². The van der Waals surface area contributed by atoms with E-state index in [0.717, 1.165) is 30.4 Å². The van der Waals surface area contributed by atoms with E-state index in [9.17, 15) is 4.79 Å². The monoisotopic (exact) mass is 354 g/mol. The molecule has 2 aromatic rings. The first-order valence-corrected chi connectivity index (χ1v) is 9.08. The number of hydrogen-bond acceptors (Lipinski definition) is 5. The smallest absolute Gasteiger partial charge is 0.253 e. The summed E-state index contributed by atoms with van der Waals surface area (Å²) in [6.07, 6.45) is 1.59. The van der Waals surface area contributed by atoms with Crippen LogP contribution in [0.15, 0.2) is 36.7 Å². The standard InChI is InChI=1S/C20H26N4O2/c1-15(2)13-26-18-6-4-17(5-7-18)20(25)24-10-8-23(9-11-24)19-12-16(3)21-14-22-19/h4-7,12,14-15H,8-11,13H2,1-3H3. The van der Waals surface area contributed by atoms with E-state index in [0.29, 0.717) is 31.2 Å². The Morgan fingerprint density at radius 2 is 1.81 bits per heavy atom. The minimum Gasteiger partial charge on any atom is -0.493 e. The number of aromatic nitrogens is 2. The fourth-order valence-corrected chi connectivity index (χ4v) is 2.89. The summed E-state index contributed by atoms with van der Waals surface area (Å²) in [6.45, 7) is 9.79. The van der Waals surface area contributed by atoms with Crippen molar-refractivity contribution in [1.29, 1.82) is 0 Å². The van der Waals surface area contributed by atoms with Gasteiger partial charge < -0.3 is 14.5 Å². The van der Waals surface area contributed by atoms with Crippen molar-refractivity contribution in [2.75, 3.05) is 37.7 Å². The lowest BCUT2D eigenvalue weighted by atomic mass is 10.1. The lowest BCUT2D eigenvalue weighted by Gasteiger charge is -2.35. The quantitative estimate of drug-likeness (QED) is 0.826. The van der Waals surface area contributed by atoms with Crippen molar-refractivity contribution in [2.24, 2.45) is 5.92 Å². The van der Waals surface area contributed by atoms with Crippen LogP contribution in [0.4, 0.5) is 5.82 Å². The number of aryl methyl sites for hydroxylation is 1. The van der Waals surface area contributed by atoms with E-state index in [4.69, 9.17) is 4.74 Å². The van der Waals surface area contributed by atoms with Crippen LogP contribution in [-0.2, 0) is 0 Å². The maximum Gasteiger partial charge on any atom is 0.253 e. The highest BCUT2D eigenvalue weighted by atomic mass is 16.5. The first kappa shape index (κ1) is 18.2. The van der Waals surface area contributed by atoms with Crippen molar-refractivity contribution in [3.8, 4) is 5.75 Å². The van der Waals surface area contributed by atoms with Crippen LogP contribution < -0.4 is 9.64 Å². The highest BCUT2D eigenvalue weighted by Crippen LogP contribution is 2.17. The Balaban J connectivity index is 1.56. The van der Waals surface area contributed by atoms with Gasteiger partial charge in [0.15, 0.2) is 0 Å². The van der Waals surface area contributed by atoms with E-state index in [2.05, 4.69) is 28.7 Å². The SMILES string of the molecule is Cc1cc(N2CCN(C(=O)c3ccc(OCC(C)C)cc3)CC2)ncn1. The third-order valence-corrected chi connectivity index (χ3v) is 4.36. The second-order valence-corrected chi connectivity index (χ2v) is 7.03. The first-order valence-electron chi connectivity index (χ1n) is 9.08. The lowest BCUT2D eigenvalue weighted by Crippen LogP contribution is -2.49. The summed E-state index contributed by atoms with van der Waals surface area (Å²) < 4.78 is 5.68. The normalized spacial score (nSPS) is 14.6. The van der Waals surface area contributed by atoms with Gasteiger partial charge in [-0.25, -0.2) is 9.97 Å². The summed E-state index contributed by atoms with van der Waals surface area (Å²) in [5.74, 6) is 2.28. The summed E-state index contributed by atoms with van der Waals surface area (Å²) in [6, 6.07) is 9.41. The minimum absolute atomic E-state index is 0.0685. The highest BCUT2D eigenvalue weighted by Gasteiger charge is 2.23. The molecule has 1 aliphatic heterocycles. The molecule has 0 spiro atoms. The first-order chi connectivity index (χ1) is 12.5. The van der Waals surface area contributed by atoms with Gasteiger partial charge in [-0.05, 0) is 37.1 Å². The zero-order valence-corrected chi connectivity index (χ0v) is 15.7. The van der Waals surface area contributed by atoms with Crippen LogP contribution in [0.2, 0.25) is 0 Å². The number of hydrogen-bond donors (Lipinski definition) is 0. The fraction of sp³-hybridized carbons (Fsp3) is 0.450. The van der Waals surface area contributed by atoms with Gasteiger partial charge in [0.25, 0.3) is 5.91 Å². The molecular formula is C20H26N4O2. The number of benzene rings is 1. The molecule has 0 radical (unpaired) electrons. The molecule has 1 aromatic heterocycles. The summed E-state index contributed by atoms with van der Waals surface area (Å²) >= 11 is 0. The van der Waals surface area contributed by atoms with Crippen molar-refractivity contribution in [3.05, 3.63) is 47.9 Å². The van der Waals surface area contributed by atoms with Gasteiger partial charge in [0.1, 0.15) is 17.9 Å². The second kappa shape index (κ2) is 8.17. The van der Waals surface area contributed by atoms with Crippen LogP contribution in [-0.4, -0.2) is 53.6 Å². The number of rotatable bonds is 5. The lowest BCUT2D eigenvalue weighted by molar-refractivity contribution is 0.0746. The Morgan fingerprint density at radius 3 is 2.42 bits per heavy atom. The predicted octanol–water partition coefficient (Wildman–Crippen LogP) is 2.78. The van der Waals surface area contributed by atoms with Gasteiger partial charge in [-0.2, -0.15) is 0 Å². The van der Waals surface area contributed by atoms with Crippen LogP contribution in [0.5, 0.6) is 5.75 Å². The molecule has 6 heteroatoms. The minimum atomic E-state index is 0.0685. The molecule has 1 amide bonds. The number of carbonyl (C=O) groups excluding carboxylic acids is 1. The largest absolute Gasteiger partial charge is 0.493 e. The van der Waals surface area contributed by atoms with E-state index < -0.39 is 0 Å². The van der Waals surface area contributed by atoms with Gasteiger partial charge in [0, 0.05) is 43.5 Å². The third kappa shape index (κ3) is 4.50. The molecule has 26 heavy (non-hydrogen) atoms. The predicted molar refractivity (Wildman–Crippen MR) is 102 cm³/mol. The van der Waals surface area contributed by atoms with E-state index >= 15 is 0 Å². The van der Waals surface area contributed by atoms with Gasteiger partial charge in [0.2, 0.25) is 0 Å². The summed E-state index contributed by atoms with van der Waals surface area (Å²) in [5, 5.41) is 0. The Kier molecular flexibility index (Phi) is 5.71. The molecule has 0 bridgehead atoms. The maximum absolute atomic E-state index is 12.7. The van der Waals surface area contributed by atoms with Crippen molar-refractivity contribution in [1.82, 2.24) is 14.9 Å². The van der Waals surface area contributed by atoms with E-state index in [1.807, 2.05) is 42.2 Å². The summed E-state index contributed by atoms with van der Waals surface area (Å²) in [7, 11) is 0. The molecule has 138 valence electrons. The molecule has 1 aromatic carbocycles. The number of ether oxygens (including phenoxy) is 1. The highest BCUT2D eigenvalue weighted by molar-refractivity contribution is 5.94. The molecular weight excluding hydrogens is 328 g/mol. The van der Waals surface area contributed by atoms with Gasteiger partial charge >= 0.3 is 0 Å². The van der Waals surface area contributed by atoms with E-state index in [1.165, 1.54) is 0 Å². The molecule has 1 aliphatic rings. The van der Waals surface area contributed by atoms with Crippen LogP contribution in [0.25, 0.3) is 0 Å². The zero-order valence-electron chi connectivity index (χ0n) is 15.7. The Labute approximate surface area is 154 Å². The molecule has 6 nitrogen and oxygen atoms in total. The average Bonchev–Trinajstić information content (AvgIpc) is 2.66. The maximum atomic E-state index is 12.7. The van der Waals surface area contributed by atoms with Crippen molar-refractivity contribution in [2.45, 2.75) is 20.8 Å². The van der Waals surface area contributed by atoms with E-state index in [1.54, 1.807) is 6.33 Å². The summed E-state index contributed by atoms with van der Waals surface area (Å²) in [5.41, 5.74) is 1.65. The van der Waals surface area contributed by atoms with Gasteiger partial charge in [-0.3, -0.25) is 4.79 Å². The Hall–Kier alpha value is -2.63. The number of carbonyl (C=O) groups is 1. The molecule has 0 saturated carbocycles. The molecule has 1 saturated heterocycles. The molecule has 2 heterocycles. The van der Waals surface area contributed by atoms with Crippen LogP contribution >= 0.6 is 0 Å². The molecule has 0 N–H and O–H groups in total. The van der Waals surface area contributed by atoms with Gasteiger partial charge in [0.05, 0.1) is 6.61 Å². The van der Waals surface area contributed by atoms with Gasteiger partial charge in [-0.1, -0.05) is 13.8 Å². The summed E-state index contributed by atoms with van der Waals surface area (Å²) in [4.78, 5) is 25.3. The molecule has 0 atom stereocenters. The molecule has 3 rings (SSSR count). The zero-order chi connectivity index (χ0) is 18.5. The van der Waals surface area contributed by atoms with Gasteiger partial charge in [-0.15, -0.1) is 0 Å². The van der Waals surface area contributed by atoms with E-state index in [-0.39, 0.29) is 5.91 Å². The molecule has 0 unspecified atom stereocenters. The van der Waals surface area contributed by atoms with Crippen LogP contribution in [0, 0.1) is 12.8 Å². The molecule has 1 fully saturated rings. The van der Waals surface area contributed by atoms with Crippen LogP contribution in [0.1, 0.15) is 29.9 Å². The number of amides is 1. The number of nitrogens with zero attached hydrogens (tertiary/aromatic N) is 4. The van der Waals surface area contributed by atoms with Crippen LogP contribution in [0.3, 0.4) is 0 Å². The Morgan fingerprint density at radius 1 is 1.12 bits per heavy atom. The topological polar surface area (TPSA) is 58.6 Å².